The number of amides is 1. The summed E-state index contributed by atoms with van der Waals surface area (Å²) in [6.07, 6.45) is 3.87. The van der Waals surface area contributed by atoms with Crippen LogP contribution in [-0.2, 0) is 16.0 Å². The fourth-order valence-electron chi connectivity index (χ4n) is 3.97. The van der Waals surface area contributed by atoms with E-state index in [0.717, 1.165) is 43.9 Å². The number of hydrogen-bond donors (Lipinski definition) is 1. The predicted octanol–water partition coefficient (Wildman–Crippen LogP) is 2.75. The summed E-state index contributed by atoms with van der Waals surface area (Å²) in [5.74, 6) is -2.51. The first-order valence-electron chi connectivity index (χ1n) is 7.95. The minimum absolute atomic E-state index is 0.0293. The highest BCUT2D eigenvalue weighted by Crippen LogP contribution is 2.40. The monoisotopic (exact) mass is 323 g/mol. The number of likely N-dealkylation sites (tertiary alicyclic amines) is 1. The average molecular weight is 323 g/mol. The van der Waals surface area contributed by atoms with Crippen LogP contribution in [0.4, 0.5) is 8.78 Å². The van der Waals surface area contributed by atoms with Gasteiger partial charge in [0.05, 0.1) is 6.42 Å². The highest BCUT2D eigenvalue weighted by atomic mass is 19.1. The van der Waals surface area contributed by atoms with Crippen molar-refractivity contribution in [3.05, 3.63) is 35.4 Å². The van der Waals surface area contributed by atoms with Gasteiger partial charge in [-0.15, -0.1) is 0 Å². The van der Waals surface area contributed by atoms with Gasteiger partial charge < -0.3 is 10.0 Å². The van der Waals surface area contributed by atoms with Gasteiger partial charge in [0.15, 0.2) is 0 Å². The fourth-order valence-corrected chi connectivity index (χ4v) is 3.97. The molecule has 1 aromatic rings. The Morgan fingerprint density at radius 2 is 1.96 bits per heavy atom. The van der Waals surface area contributed by atoms with E-state index >= 15 is 0 Å². The Bertz CT molecular complexity index is 634. The van der Waals surface area contributed by atoms with E-state index in [2.05, 4.69) is 0 Å². The maximum absolute atomic E-state index is 13.8. The van der Waals surface area contributed by atoms with Gasteiger partial charge in [0, 0.05) is 11.6 Å². The van der Waals surface area contributed by atoms with Crippen LogP contribution >= 0.6 is 0 Å². The second-order valence-electron chi connectivity index (χ2n) is 6.42. The zero-order chi connectivity index (χ0) is 16.6. The van der Waals surface area contributed by atoms with Crippen molar-refractivity contribution in [1.82, 2.24) is 4.90 Å². The van der Waals surface area contributed by atoms with E-state index in [0.29, 0.717) is 6.42 Å². The summed E-state index contributed by atoms with van der Waals surface area (Å²) in [5.41, 5.74) is -0.0293. The summed E-state index contributed by atoms with van der Waals surface area (Å²) < 4.78 is 27.0. The molecule has 1 saturated carbocycles. The van der Waals surface area contributed by atoms with Crippen molar-refractivity contribution in [3.63, 3.8) is 0 Å². The quantitative estimate of drug-likeness (QED) is 0.930. The molecule has 3 unspecified atom stereocenters. The zero-order valence-corrected chi connectivity index (χ0v) is 12.7. The van der Waals surface area contributed by atoms with Crippen LogP contribution in [-0.4, -0.2) is 34.0 Å². The summed E-state index contributed by atoms with van der Waals surface area (Å²) in [7, 11) is 0. The molecule has 1 aliphatic carbocycles. The maximum atomic E-state index is 13.8. The molecule has 0 radical (unpaired) electrons. The van der Waals surface area contributed by atoms with Gasteiger partial charge in [0.2, 0.25) is 5.91 Å². The minimum atomic E-state index is -1.02. The first-order valence-corrected chi connectivity index (χ1v) is 7.95. The molecule has 6 heteroatoms. The second kappa shape index (κ2) is 6.26. The Hall–Kier alpha value is -1.98. The number of rotatable bonds is 3. The van der Waals surface area contributed by atoms with Crippen molar-refractivity contribution in [1.29, 1.82) is 0 Å². The highest BCUT2D eigenvalue weighted by molar-refractivity contribution is 5.86. The third kappa shape index (κ3) is 3.07. The van der Waals surface area contributed by atoms with Gasteiger partial charge in [-0.2, -0.15) is 0 Å². The van der Waals surface area contributed by atoms with Gasteiger partial charge >= 0.3 is 5.97 Å². The molecule has 3 atom stereocenters. The number of fused-ring (bicyclic) bond motifs is 1. The smallest absolute Gasteiger partial charge is 0.326 e. The van der Waals surface area contributed by atoms with Crippen molar-refractivity contribution in [2.24, 2.45) is 5.92 Å². The molecule has 4 nitrogen and oxygen atoms in total. The molecule has 0 spiro atoms. The lowest BCUT2D eigenvalue weighted by atomic mass is 9.84. The van der Waals surface area contributed by atoms with Crippen LogP contribution in [0.2, 0.25) is 0 Å². The summed E-state index contributed by atoms with van der Waals surface area (Å²) in [5, 5.41) is 9.42. The van der Waals surface area contributed by atoms with E-state index in [1.165, 1.54) is 4.90 Å². The highest BCUT2D eigenvalue weighted by Gasteiger charge is 2.47. The summed E-state index contributed by atoms with van der Waals surface area (Å²) >= 11 is 0. The standard InChI is InChI=1S/C17H19F2NO3/c18-12-5-6-13(19)11(7-12)9-16(21)20-14-4-2-1-3-10(14)8-15(20)17(22)23/h5-7,10,14-15H,1-4,8-9H2,(H,22,23). The Balaban J connectivity index is 1.83. The Labute approximate surface area is 133 Å². The number of nitrogens with zero attached hydrogens (tertiary/aromatic N) is 1. The van der Waals surface area contributed by atoms with Crippen molar-refractivity contribution < 1.29 is 23.5 Å². The van der Waals surface area contributed by atoms with Crippen LogP contribution in [0.15, 0.2) is 18.2 Å². The number of halogens is 2. The van der Waals surface area contributed by atoms with Gasteiger partial charge in [-0.25, -0.2) is 13.6 Å². The molecular weight excluding hydrogens is 304 g/mol. The molecule has 2 aliphatic rings. The number of carbonyl (C=O) groups excluding carboxylic acids is 1. The van der Waals surface area contributed by atoms with E-state index in [1.54, 1.807) is 0 Å². The number of aliphatic carboxylic acids is 1. The second-order valence-corrected chi connectivity index (χ2v) is 6.42. The summed E-state index contributed by atoms with van der Waals surface area (Å²) in [4.78, 5) is 25.5. The van der Waals surface area contributed by atoms with Gasteiger partial charge in [0.25, 0.3) is 0 Å². The van der Waals surface area contributed by atoms with E-state index < -0.39 is 29.6 Å². The largest absolute Gasteiger partial charge is 0.480 e. The van der Waals surface area contributed by atoms with Crippen LogP contribution in [0.3, 0.4) is 0 Å². The number of hydrogen-bond acceptors (Lipinski definition) is 2. The topological polar surface area (TPSA) is 57.6 Å². The first-order chi connectivity index (χ1) is 11.0. The third-order valence-corrected chi connectivity index (χ3v) is 5.01. The van der Waals surface area contributed by atoms with Crippen LogP contribution in [0, 0.1) is 17.6 Å². The molecule has 3 rings (SSSR count). The minimum Gasteiger partial charge on any atom is -0.480 e. The zero-order valence-electron chi connectivity index (χ0n) is 12.7. The van der Waals surface area contributed by atoms with Crippen molar-refractivity contribution in [2.45, 2.75) is 50.6 Å². The first kappa shape index (κ1) is 15.9. The van der Waals surface area contributed by atoms with Crippen LogP contribution in [0.25, 0.3) is 0 Å². The molecule has 1 heterocycles. The van der Waals surface area contributed by atoms with Crippen LogP contribution in [0.5, 0.6) is 0 Å². The molecule has 1 aliphatic heterocycles. The molecule has 1 saturated heterocycles. The number of benzene rings is 1. The number of carboxylic acid groups (broad SMARTS) is 1. The van der Waals surface area contributed by atoms with Crippen LogP contribution in [0.1, 0.15) is 37.7 Å². The fraction of sp³-hybridized carbons (Fsp3) is 0.529. The van der Waals surface area contributed by atoms with Gasteiger partial charge in [-0.1, -0.05) is 12.8 Å². The molecule has 1 amide bonds. The molecule has 0 aromatic heterocycles. The third-order valence-electron chi connectivity index (χ3n) is 5.01. The van der Waals surface area contributed by atoms with Crippen molar-refractivity contribution >= 4 is 11.9 Å². The van der Waals surface area contributed by atoms with Gasteiger partial charge in [-0.3, -0.25) is 4.79 Å². The molecule has 2 fully saturated rings. The Kier molecular flexibility index (Phi) is 4.33. The molecule has 0 bridgehead atoms. The lowest BCUT2D eigenvalue weighted by Crippen LogP contribution is -2.47. The Morgan fingerprint density at radius 3 is 2.70 bits per heavy atom. The lowest BCUT2D eigenvalue weighted by molar-refractivity contribution is -0.149. The molecular formula is C17H19F2NO3. The SMILES string of the molecule is O=C(O)C1CC2CCCCC2N1C(=O)Cc1cc(F)ccc1F. The Morgan fingerprint density at radius 1 is 1.22 bits per heavy atom. The maximum Gasteiger partial charge on any atom is 0.326 e. The van der Waals surface area contributed by atoms with Gasteiger partial charge in [-0.05, 0) is 43.4 Å². The molecule has 124 valence electrons. The van der Waals surface area contributed by atoms with E-state index in [-0.39, 0.29) is 23.9 Å². The average Bonchev–Trinajstić information content (AvgIpc) is 2.90. The van der Waals surface area contributed by atoms with Crippen LogP contribution < -0.4 is 0 Å². The lowest BCUT2D eigenvalue weighted by Gasteiger charge is -2.33. The van der Waals surface area contributed by atoms with E-state index in [1.807, 2.05) is 0 Å². The number of carboxylic acids is 1. The van der Waals surface area contributed by atoms with Crippen molar-refractivity contribution in [3.8, 4) is 0 Å². The molecule has 1 aromatic carbocycles. The summed E-state index contributed by atoms with van der Waals surface area (Å²) in [6, 6.07) is 2.04. The van der Waals surface area contributed by atoms with Gasteiger partial charge in [0.1, 0.15) is 17.7 Å². The summed E-state index contributed by atoms with van der Waals surface area (Å²) in [6.45, 7) is 0. The van der Waals surface area contributed by atoms with Crippen molar-refractivity contribution in [2.75, 3.05) is 0 Å². The van der Waals surface area contributed by atoms with E-state index in [4.69, 9.17) is 0 Å². The normalized spacial score (nSPS) is 26.9. The predicted molar refractivity (Wildman–Crippen MR) is 78.7 cm³/mol. The van der Waals surface area contributed by atoms with E-state index in [9.17, 15) is 23.5 Å². The molecule has 1 N–H and O–H groups in total. The molecule has 23 heavy (non-hydrogen) atoms. The number of carbonyl (C=O) groups is 2.